The molecule has 0 aliphatic rings. The summed E-state index contributed by atoms with van der Waals surface area (Å²) in [6, 6.07) is 11.9. The zero-order valence-corrected chi connectivity index (χ0v) is 16.7. The first-order valence-electron chi connectivity index (χ1n) is 9.38. The smallest absolute Gasteiger partial charge is 0.306 e. The molecular formula is C21H19FN4O5. The minimum atomic E-state index is -1.03. The molecule has 0 bridgehead atoms. The van der Waals surface area contributed by atoms with Crippen LogP contribution in [-0.4, -0.2) is 27.2 Å². The molecule has 0 spiro atoms. The van der Waals surface area contributed by atoms with Gasteiger partial charge in [-0.3, -0.25) is 19.7 Å². The van der Waals surface area contributed by atoms with Crippen molar-refractivity contribution in [1.82, 2.24) is 9.78 Å². The summed E-state index contributed by atoms with van der Waals surface area (Å²) in [4.78, 5) is 34.9. The fourth-order valence-corrected chi connectivity index (χ4v) is 2.83. The Kier molecular flexibility index (Phi) is 6.39. The SMILES string of the molecule is CCOc1ccc(-c2ccc(=O)n(C(C)C(=O)Nc3ccc(F)c([N+](=O)[O-])c3)n2)cc1. The maximum absolute atomic E-state index is 13.5. The zero-order valence-electron chi connectivity index (χ0n) is 16.7. The van der Waals surface area contributed by atoms with Gasteiger partial charge in [-0.05, 0) is 56.3 Å². The number of ether oxygens (including phenoxy) is 1. The molecule has 1 amide bonds. The molecule has 1 aromatic heterocycles. The molecule has 9 nitrogen and oxygen atoms in total. The first kappa shape index (κ1) is 21.6. The summed E-state index contributed by atoms with van der Waals surface area (Å²) >= 11 is 0. The Hall–Kier alpha value is -4.08. The molecular weight excluding hydrogens is 407 g/mol. The highest BCUT2D eigenvalue weighted by Gasteiger charge is 2.20. The number of anilines is 1. The van der Waals surface area contributed by atoms with E-state index in [0.29, 0.717) is 18.1 Å². The Bertz CT molecular complexity index is 1180. The molecule has 1 unspecified atom stereocenters. The third kappa shape index (κ3) is 4.92. The van der Waals surface area contributed by atoms with Crippen LogP contribution in [0.2, 0.25) is 0 Å². The highest BCUT2D eigenvalue weighted by atomic mass is 19.1. The average molecular weight is 426 g/mol. The molecule has 0 fully saturated rings. The quantitative estimate of drug-likeness (QED) is 0.456. The number of aromatic nitrogens is 2. The molecule has 3 aromatic rings. The van der Waals surface area contributed by atoms with E-state index in [1.54, 1.807) is 30.3 Å². The molecule has 10 heteroatoms. The Morgan fingerprint density at radius 3 is 2.58 bits per heavy atom. The van der Waals surface area contributed by atoms with Gasteiger partial charge in [0, 0.05) is 23.4 Å². The molecule has 3 rings (SSSR count). The molecule has 160 valence electrons. The second kappa shape index (κ2) is 9.16. The van der Waals surface area contributed by atoms with Crippen LogP contribution in [0.15, 0.2) is 59.4 Å². The van der Waals surface area contributed by atoms with Gasteiger partial charge >= 0.3 is 5.69 Å². The van der Waals surface area contributed by atoms with Crippen LogP contribution in [0.3, 0.4) is 0 Å². The normalized spacial score (nSPS) is 11.6. The van der Waals surface area contributed by atoms with Crippen LogP contribution in [0, 0.1) is 15.9 Å². The van der Waals surface area contributed by atoms with Gasteiger partial charge < -0.3 is 10.1 Å². The first-order valence-corrected chi connectivity index (χ1v) is 9.38. The predicted molar refractivity (Wildman–Crippen MR) is 111 cm³/mol. The van der Waals surface area contributed by atoms with E-state index in [0.717, 1.165) is 22.4 Å². The van der Waals surface area contributed by atoms with Gasteiger partial charge in [-0.15, -0.1) is 0 Å². The number of carbonyl (C=O) groups excluding carboxylic acids is 1. The average Bonchev–Trinajstić information content (AvgIpc) is 2.75. The second-order valence-electron chi connectivity index (χ2n) is 6.55. The Morgan fingerprint density at radius 2 is 1.94 bits per heavy atom. The molecule has 2 aromatic carbocycles. The molecule has 0 radical (unpaired) electrons. The van der Waals surface area contributed by atoms with E-state index in [4.69, 9.17) is 4.74 Å². The fourth-order valence-electron chi connectivity index (χ4n) is 2.83. The number of amides is 1. The monoisotopic (exact) mass is 426 g/mol. The largest absolute Gasteiger partial charge is 0.494 e. The van der Waals surface area contributed by atoms with Gasteiger partial charge in [0.25, 0.3) is 5.56 Å². The number of benzene rings is 2. The van der Waals surface area contributed by atoms with E-state index >= 15 is 0 Å². The van der Waals surface area contributed by atoms with Crippen LogP contribution in [0.1, 0.15) is 19.9 Å². The first-order chi connectivity index (χ1) is 14.8. The summed E-state index contributed by atoms with van der Waals surface area (Å²) in [5.74, 6) is -0.961. The number of carbonyl (C=O) groups is 1. The van der Waals surface area contributed by atoms with Crippen molar-refractivity contribution < 1.29 is 18.8 Å². The molecule has 0 aliphatic heterocycles. The maximum atomic E-state index is 13.5. The number of rotatable bonds is 7. The Balaban J connectivity index is 1.84. The standard InChI is InChI=1S/C21H19FN4O5/c1-3-31-16-7-4-14(5-8-16)18-10-11-20(27)25(24-18)13(2)21(28)23-15-6-9-17(22)19(12-15)26(29)30/h4-13H,3H2,1-2H3,(H,23,28). The van der Waals surface area contributed by atoms with Crippen molar-refractivity contribution in [3.63, 3.8) is 0 Å². The van der Waals surface area contributed by atoms with Crippen LogP contribution < -0.4 is 15.6 Å². The summed E-state index contributed by atoms with van der Waals surface area (Å²) in [5.41, 5.74) is -0.0416. The summed E-state index contributed by atoms with van der Waals surface area (Å²) in [6.07, 6.45) is 0. The number of hydrogen-bond donors (Lipinski definition) is 1. The maximum Gasteiger partial charge on any atom is 0.306 e. The zero-order chi connectivity index (χ0) is 22.5. The van der Waals surface area contributed by atoms with Crippen molar-refractivity contribution in [1.29, 1.82) is 0 Å². The van der Waals surface area contributed by atoms with Gasteiger partial charge in [-0.1, -0.05) is 0 Å². The fraction of sp³-hybridized carbons (Fsp3) is 0.190. The van der Waals surface area contributed by atoms with Crippen molar-refractivity contribution in [2.45, 2.75) is 19.9 Å². The van der Waals surface area contributed by atoms with Gasteiger partial charge in [0.2, 0.25) is 11.7 Å². The lowest BCUT2D eigenvalue weighted by molar-refractivity contribution is -0.387. The van der Waals surface area contributed by atoms with E-state index in [-0.39, 0.29) is 5.69 Å². The van der Waals surface area contributed by atoms with Crippen LogP contribution >= 0.6 is 0 Å². The lowest BCUT2D eigenvalue weighted by atomic mass is 10.1. The van der Waals surface area contributed by atoms with Gasteiger partial charge in [0.1, 0.15) is 11.8 Å². The van der Waals surface area contributed by atoms with E-state index in [9.17, 15) is 24.1 Å². The molecule has 0 aliphatic carbocycles. The number of nitrogens with zero attached hydrogens (tertiary/aromatic N) is 3. The Labute approximate surface area is 176 Å². The van der Waals surface area contributed by atoms with E-state index in [1.165, 1.54) is 19.1 Å². The molecule has 1 atom stereocenters. The summed E-state index contributed by atoms with van der Waals surface area (Å²) in [6.45, 7) is 3.87. The number of hydrogen-bond acceptors (Lipinski definition) is 6. The lowest BCUT2D eigenvalue weighted by Gasteiger charge is -2.15. The van der Waals surface area contributed by atoms with Gasteiger partial charge in [-0.25, -0.2) is 4.68 Å². The van der Waals surface area contributed by atoms with Crippen LogP contribution in [0.4, 0.5) is 15.8 Å². The lowest BCUT2D eigenvalue weighted by Crippen LogP contribution is -2.33. The van der Waals surface area contributed by atoms with Gasteiger partial charge in [0.05, 0.1) is 17.2 Å². The van der Waals surface area contributed by atoms with E-state index in [2.05, 4.69) is 10.4 Å². The van der Waals surface area contributed by atoms with Gasteiger partial charge in [-0.2, -0.15) is 9.49 Å². The van der Waals surface area contributed by atoms with Crippen LogP contribution in [0.5, 0.6) is 5.75 Å². The molecule has 0 saturated carbocycles. The molecule has 1 N–H and O–H groups in total. The third-order valence-corrected chi connectivity index (χ3v) is 4.44. The number of nitro benzene ring substituents is 1. The topological polar surface area (TPSA) is 116 Å². The molecule has 0 saturated heterocycles. The third-order valence-electron chi connectivity index (χ3n) is 4.44. The Morgan fingerprint density at radius 1 is 1.23 bits per heavy atom. The molecule has 31 heavy (non-hydrogen) atoms. The van der Waals surface area contributed by atoms with Crippen molar-refractivity contribution in [2.75, 3.05) is 11.9 Å². The van der Waals surface area contributed by atoms with Crippen molar-refractivity contribution in [3.05, 3.63) is 80.9 Å². The minimum Gasteiger partial charge on any atom is -0.494 e. The highest BCUT2D eigenvalue weighted by molar-refractivity contribution is 5.93. The number of nitrogens with one attached hydrogen (secondary N) is 1. The van der Waals surface area contributed by atoms with Crippen molar-refractivity contribution in [3.8, 4) is 17.0 Å². The van der Waals surface area contributed by atoms with Crippen molar-refractivity contribution in [2.24, 2.45) is 0 Å². The van der Waals surface area contributed by atoms with E-state index in [1.807, 2.05) is 6.92 Å². The second-order valence-corrected chi connectivity index (χ2v) is 6.55. The highest BCUT2D eigenvalue weighted by Crippen LogP contribution is 2.23. The summed E-state index contributed by atoms with van der Waals surface area (Å²) in [7, 11) is 0. The van der Waals surface area contributed by atoms with E-state index < -0.39 is 33.9 Å². The van der Waals surface area contributed by atoms with Crippen LogP contribution in [0.25, 0.3) is 11.3 Å². The van der Waals surface area contributed by atoms with Gasteiger partial charge in [0.15, 0.2) is 0 Å². The number of nitro groups is 1. The summed E-state index contributed by atoms with van der Waals surface area (Å²) in [5, 5.41) is 17.6. The van der Waals surface area contributed by atoms with Crippen LogP contribution in [-0.2, 0) is 4.79 Å². The van der Waals surface area contributed by atoms with Crippen molar-refractivity contribution >= 4 is 17.3 Å². The molecule has 1 heterocycles. The predicted octanol–water partition coefficient (Wildman–Crippen LogP) is 3.56. The summed E-state index contributed by atoms with van der Waals surface area (Å²) < 4.78 is 19.9. The minimum absolute atomic E-state index is 0.0284. The number of halogens is 1.